The number of hydrogen-bond donors (Lipinski definition) is 1. The number of amides is 1. The van der Waals surface area contributed by atoms with Crippen molar-refractivity contribution < 1.29 is 4.79 Å². The maximum Gasteiger partial charge on any atom is 0.223 e. The molecule has 1 fully saturated rings. The first-order chi connectivity index (χ1) is 14.2. The van der Waals surface area contributed by atoms with Crippen molar-refractivity contribution in [3.05, 3.63) is 6.20 Å². The van der Waals surface area contributed by atoms with Crippen LogP contribution in [0.3, 0.4) is 0 Å². The summed E-state index contributed by atoms with van der Waals surface area (Å²) in [6.45, 7) is 9.65. The Morgan fingerprint density at radius 1 is 1.17 bits per heavy atom. The van der Waals surface area contributed by atoms with Gasteiger partial charge < -0.3 is 10.2 Å². The van der Waals surface area contributed by atoms with Crippen molar-refractivity contribution in [2.75, 3.05) is 30.3 Å². The molecule has 1 aliphatic heterocycles. The van der Waals surface area contributed by atoms with E-state index in [1.165, 1.54) is 12.8 Å². The first-order valence-electron chi connectivity index (χ1n) is 11.1. The smallest absolute Gasteiger partial charge is 0.223 e. The van der Waals surface area contributed by atoms with Gasteiger partial charge in [-0.1, -0.05) is 45.4 Å². The third kappa shape index (κ3) is 5.41. The molecule has 1 amide bonds. The quantitative estimate of drug-likeness (QED) is 0.441. The second-order valence-electron chi connectivity index (χ2n) is 7.63. The third-order valence-corrected chi connectivity index (χ3v) is 6.13. The summed E-state index contributed by atoms with van der Waals surface area (Å²) in [6.07, 6.45) is 8.27. The number of nitrogens with one attached hydrogen (secondary N) is 1. The van der Waals surface area contributed by atoms with Gasteiger partial charge in [-0.25, -0.2) is 14.6 Å². The van der Waals surface area contributed by atoms with Crippen LogP contribution in [0.1, 0.15) is 59.3 Å². The lowest BCUT2D eigenvalue weighted by Gasteiger charge is -2.18. The lowest BCUT2D eigenvalue weighted by molar-refractivity contribution is -0.125. The van der Waals surface area contributed by atoms with E-state index in [1.807, 2.05) is 10.9 Å². The van der Waals surface area contributed by atoms with Crippen LogP contribution in [-0.4, -0.2) is 51.0 Å². The summed E-state index contributed by atoms with van der Waals surface area (Å²) in [5, 5.41) is 9.49. The zero-order chi connectivity index (χ0) is 20.6. The standard InChI is InChI=1S/C21H34N6OS/c1-4-9-16(10-5-2)20(28)22-11-14-27-19-17(15-23-27)18(26-12-7-8-13-26)24-21(25-19)29-6-3/h15-16H,4-14H2,1-3H3,(H,22,28). The predicted molar refractivity (Wildman–Crippen MR) is 119 cm³/mol. The van der Waals surface area contributed by atoms with Gasteiger partial charge in [0.2, 0.25) is 5.91 Å². The van der Waals surface area contributed by atoms with Gasteiger partial charge in [0.1, 0.15) is 5.82 Å². The number of nitrogens with zero attached hydrogens (tertiary/aromatic N) is 5. The van der Waals surface area contributed by atoms with E-state index in [0.29, 0.717) is 13.1 Å². The highest BCUT2D eigenvalue weighted by Gasteiger charge is 2.21. The van der Waals surface area contributed by atoms with Gasteiger partial charge in [0.05, 0.1) is 18.1 Å². The molecular formula is C21H34N6OS. The Morgan fingerprint density at radius 3 is 2.55 bits per heavy atom. The van der Waals surface area contributed by atoms with Crippen molar-refractivity contribution in [1.82, 2.24) is 25.1 Å². The highest BCUT2D eigenvalue weighted by Crippen LogP contribution is 2.29. The molecule has 0 saturated carbocycles. The van der Waals surface area contributed by atoms with Gasteiger partial charge in [-0.15, -0.1) is 0 Å². The van der Waals surface area contributed by atoms with Crippen molar-refractivity contribution in [3.8, 4) is 0 Å². The lowest BCUT2D eigenvalue weighted by Crippen LogP contribution is -2.33. The van der Waals surface area contributed by atoms with E-state index in [4.69, 9.17) is 9.97 Å². The molecule has 0 bridgehead atoms. The first-order valence-corrected chi connectivity index (χ1v) is 12.0. The monoisotopic (exact) mass is 418 g/mol. The highest BCUT2D eigenvalue weighted by atomic mass is 32.2. The molecule has 0 spiro atoms. The van der Waals surface area contributed by atoms with Crippen molar-refractivity contribution in [2.45, 2.75) is 71.0 Å². The summed E-state index contributed by atoms with van der Waals surface area (Å²) in [5.74, 6) is 2.23. The van der Waals surface area contributed by atoms with E-state index in [1.54, 1.807) is 11.8 Å². The summed E-state index contributed by atoms with van der Waals surface area (Å²) in [5.41, 5.74) is 0.866. The molecule has 2 aromatic heterocycles. The van der Waals surface area contributed by atoms with Gasteiger partial charge in [0.15, 0.2) is 10.8 Å². The number of carbonyl (C=O) groups is 1. The number of hydrogen-bond acceptors (Lipinski definition) is 6. The van der Waals surface area contributed by atoms with Crippen LogP contribution in [0.15, 0.2) is 11.4 Å². The first kappa shape index (κ1) is 21.9. The van der Waals surface area contributed by atoms with Crippen LogP contribution in [0.25, 0.3) is 11.0 Å². The molecule has 8 heteroatoms. The molecule has 0 aliphatic carbocycles. The molecule has 0 radical (unpaired) electrons. The Kier molecular flexibility index (Phi) is 8.15. The Bertz CT molecular complexity index is 796. The van der Waals surface area contributed by atoms with Crippen LogP contribution >= 0.6 is 11.8 Å². The number of anilines is 1. The van der Waals surface area contributed by atoms with E-state index in [-0.39, 0.29) is 11.8 Å². The van der Waals surface area contributed by atoms with Crippen molar-refractivity contribution >= 4 is 34.5 Å². The second-order valence-corrected chi connectivity index (χ2v) is 8.86. The Morgan fingerprint density at radius 2 is 1.90 bits per heavy atom. The molecule has 1 saturated heterocycles. The molecule has 29 heavy (non-hydrogen) atoms. The second kappa shape index (κ2) is 10.8. The lowest BCUT2D eigenvalue weighted by atomic mass is 9.97. The molecular weight excluding hydrogens is 384 g/mol. The molecule has 7 nitrogen and oxygen atoms in total. The van der Waals surface area contributed by atoms with E-state index in [9.17, 15) is 4.79 Å². The fraction of sp³-hybridized carbons (Fsp3) is 0.714. The fourth-order valence-electron chi connectivity index (χ4n) is 3.98. The zero-order valence-electron chi connectivity index (χ0n) is 18.0. The SMILES string of the molecule is CCCC(CCC)C(=O)NCCn1ncc2c(N3CCCC3)nc(SCC)nc21. The highest BCUT2D eigenvalue weighted by molar-refractivity contribution is 7.99. The minimum Gasteiger partial charge on any atom is -0.356 e. The Hall–Kier alpha value is -1.83. The van der Waals surface area contributed by atoms with Crippen LogP contribution in [-0.2, 0) is 11.3 Å². The molecule has 1 N–H and O–H groups in total. The van der Waals surface area contributed by atoms with Crippen molar-refractivity contribution in [2.24, 2.45) is 5.92 Å². The van der Waals surface area contributed by atoms with Gasteiger partial charge in [-0.3, -0.25) is 4.79 Å². The number of carbonyl (C=O) groups excluding carboxylic acids is 1. The van der Waals surface area contributed by atoms with Crippen LogP contribution in [0.5, 0.6) is 0 Å². The largest absolute Gasteiger partial charge is 0.356 e. The van der Waals surface area contributed by atoms with Crippen LogP contribution in [0.4, 0.5) is 5.82 Å². The molecule has 3 heterocycles. The molecule has 2 aromatic rings. The summed E-state index contributed by atoms with van der Waals surface area (Å²) < 4.78 is 1.91. The topological polar surface area (TPSA) is 75.9 Å². The Labute approximate surface area is 178 Å². The zero-order valence-corrected chi connectivity index (χ0v) is 18.8. The maximum absolute atomic E-state index is 12.5. The minimum atomic E-state index is 0.121. The van der Waals surface area contributed by atoms with Gasteiger partial charge in [-0.2, -0.15) is 5.10 Å². The van der Waals surface area contributed by atoms with E-state index in [2.05, 4.69) is 36.1 Å². The molecule has 3 rings (SSSR count). The predicted octanol–water partition coefficient (Wildman–Crippen LogP) is 3.87. The average molecular weight is 419 g/mol. The van der Waals surface area contributed by atoms with Gasteiger partial charge in [0.25, 0.3) is 0 Å². The third-order valence-electron chi connectivity index (χ3n) is 5.40. The number of rotatable bonds is 11. The summed E-state index contributed by atoms with van der Waals surface area (Å²) in [6, 6.07) is 0. The average Bonchev–Trinajstić information content (AvgIpc) is 3.38. The molecule has 160 valence electrons. The summed E-state index contributed by atoms with van der Waals surface area (Å²) in [7, 11) is 0. The van der Waals surface area contributed by atoms with Gasteiger partial charge in [0, 0.05) is 25.6 Å². The molecule has 0 aromatic carbocycles. The minimum absolute atomic E-state index is 0.121. The summed E-state index contributed by atoms with van der Waals surface area (Å²) >= 11 is 1.66. The van der Waals surface area contributed by atoms with Crippen LogP contribution in [0, 0.1) is 5.92 Å². The number of aromatic nitrogens is 4. The normalized spacial score (nSPS) is 14.3. The molecule has 1 aliphatic rings. The maximum atomic E-state index is 12.5. The van der Waals surface area contributed by atoms with Gasteiger partial charge in [-0.05, 0) is 31.4 Å². The van der Waals surface area contributed by atoms with Crippen LogP contribution < -0.4 is 10.2 Å². The van der Waals surface area contributed by atoms with Crippen molar-refractivity contribution in [1.29, 1.82) is 0 Å². The number of thioether (sulfide) groups is 1. The van der Waals surface area contributed by atoms with Crippen LogP contribution in [0.2, 0.25) is 0 Å². The molecule has 0 unspecified atom stereocenters. The fourth-order valence-corrected chi connectivity index (χ4v) is 4.54. The van der Waals surface area contributed by atoms with E-state index < -0.39 is 0 Å². The summed E-state index contributed by atoms with van der Waals surface area (Å²) in [4.78, 5) is 24.4. The Balaban J connectivity index is 1.73. The van der Waals surface area contributed by atoms with E-state index >= 15 is 0 Å². The van der Waals surface area contributed by atoms with E-state index in [0.717, 1.165) is 66.5 Å². The van der Waals surface area contributed by atoms with Gasteiger partial charge >= 0.3 is 0 Å². The van der Waals surface area contributed by atoms with Crippen molar-refractivity contribution in [3.63, 3.8) is 0 Å². The molecule has 0 atom stereocenters. The number of fused-ring (bicyclic) bond motifs is 1.